The second-order valence-electron chi connectivity index (χ2n) is 4.18. The van der Waals surface area contributed by atoms with E-state index in [1.165, 1.54) is 18.2 Å². The predicted octanol–water partition coefficient (Wildman–Crippen LogP) is 0.785. The fraction of sp³-hybridized carbons (Fsp3) is 0.455. The molecule has 0 heterocycles. The minimum Gasteiger partial charge on any atom is -0.393 e. The summed E-state index contributed by atoms with van der Waals surface area (Å²) in [6.07, 6.45) is -0.315. The van der Waals surface area contributed by atoms with Crippen LogP contribution in [0.15, 0.2) is 24.3 Å². The molecule has 0 fully saturated rings. The third-order valence-electron chi connectivity index (χ3n) is 2.42. The third kappa shape index (κ3) is 5.33. The van der Waals surface area contributed by atoms with Crippen LogP contribution in [-0.2, 0) is 15.8 Å². The molecule has 0 radical (unpaired) electrons. The average Bonchev–Trinajstić information content (AvgIpc) is 2.27. The number of sulfonamides is 1. The Balaban J connectivity index is 2.76. The molecule has 7 nitrogen and oxygen atoms in total. The van der Waals surface area contributed by atoms with E-state index < -0.39 is 26.8 Å². The lowest BCUT2D eigenvalue weighted by atomic mass is 10.2. The highest BCUT2D eigenvalue weighted by atomic mass is 32.2. The maximum atomic E-state index is 11.7. The lowest BCUT2D eigenvalue weighted by Crippen LogP contribution is -2.28. The van der Waals surface area contributed by atoms with Crippen LogP contribution < -0.4 is 4.72 Å². The topological polar surface area (TPSA) is 110 Å². The maximum absolute atomic E-state index is 11.7. The van der Waals surface area contributed by atoms with E-state index in [1.807, 2.05) is 0 Å². The predicted molar refractivity (Wildman–Crippen MR) is 70.0 cm³/mol. The number of benzene rings is 1. The normalized spacial score (nSPS) is 13.2. The molecule has 0 amide bonds. The Morgan fingerprint density at radius 2 is 2.05 bits per heavy atom. The van der Waals surface area contributed by atoms with Gasteiger partial charge in [-0.05, 0) is 13.3 Å². The second kappa shape index (κ2) is 6.60. The van der Waals surface area contributed by atoms with Gasteiger partial charge < -0.3 is 5.11 Å². The van der Waals surface area contributed by atoms with Crippen molar-refractivity contribution in [3.63, 3.8) is 0 Å². The number of aliphatic hydroxyl groups is 1. The van der Waals surface area contributed by atoms with Gasteiger partial charge >= 0.3 is 0 Å². The van der Waals surface area contributed by atoms with Crippen LogP contribution in [0.2, 0.25) is 0 Å². The summed E-state index contributed by atoms with van der Waals surface area (Å²) in [5.74, 6) is -0.454. The minimum atomic E-state index is -3.65. The molecular formula is C11H16N2O5S. The Morgan fingerprint density at radius 3 is 2.63 bits per heavy atom. The molecule has 0 aromatic heterocycles. The molecule has 0 aliphatic carbocycles. The van der Waals surface area contributed by atoms with Crippen molar-refractivity contribution in [2.45, 2.75) is 25.2 Å². The zero-order valence-electron chi connectivity index (χ0n) is 10.4. The van der Waals surface area contributed by atoms with Gasteiger partial charge in [0.05, 0.1) is 16.8 Å². The molecule has 0 saturated heterocycles. The van der Waals surface area contributed by atoms with Gasteiger partial charge in [0.15, 0.2) is 0 Å². The Kier molecular flexibility index (Phi) is 5.40. The zero-order valence-corrected chi connectivity index (χ0v) is 11.3. The van der Waals surface area contributed by atoms with Crippen molar-refractivity contribution in [2.75, 3.05) is 6.54 Å². The Labute approximate surface area is 111 Å². The first kappa shape index (κ1) is 15.5. The Hall–Kier alpha value is -1.51. The number of nitrogens with zero attached hydrogens (tertiary/aromatic N) is 1. The van der Waals surface area contributed by atoms with Crippen molar-refractivity contribution in [2.24, 2.45) is 0 Å². The molecule has 1 rings (SSSR count). The van der Waals surface area contributed by atoms with Gasteiger partial charge in [-0.3, -0.25) is 10.1 Å². The minimum absolute atomic E-state index is 0.0978. The average molecular weight is 288 g/mol. The first-order valence-electron chi connectivity index (χ1n) is 5.69. The molecule has 1 unspecified atom stereocenters. The van der Waals surface area contributed by atoms with Gasteiger partial charge in [-0.2, -0.15) is 0 Å². The number of nitro groups is 1. The number of para-hydroxylation sites is 1. The standard InChI is InChI=1S/C11H16N2O5S/c1-9(14)6-7-12-19(17,18)8-10-4-2-3-5-11(10)13(15)16/h2-5,9,12,14H,6-8H2,1H3. The van der Waals surface area contributed by atoms with Gasteiger partial charge in [-0.25, -0.2) is 13.1 Å². The summed E-state index contributed by atoms with van der Waals surface area (Å²) < 4.78 is 25.8. The third-order valence-corrected chi connectivity index (χ3v) is 3.75. The van der Waals surface area contributed by atoms with Crippen molar-refractivity contribution in [1.29, 1.82) is 0 Å². The second-order valence-corrected chi connectivity index (χ2v) is 5.98. The summed E-state index contributed by atoms with van der Waals surface area (Å²) in [7, 11) is -3.65. The lowest BCUT2D eigenvalue weighted by Gasteiger charge is -2.08. The van der Waals surface area contributed by atoms with E-state index in [9.17, 15) is 18.5 Å². The Morgan fingerprint density at radius 1 is 1.42 bits per heavy atom. The fourth-order valence-corrected chi connectivity index (χ4v) is 2.67. The van der Waals surface area contributed by atoms with E-state index in [4.69, 9.17) is 5.11 Å². The highest BCUT2D eigenvalue weighted by Crippen LogP contribution is 2.19. The molecule has 8 heteroatoms. The van der Waals surface area contributed by atoms with E-state index in [-0.39, 0.29) is 24.2 Å². The molecule has 0 saturated carbocycles. The van der Waals surface area contributed by atoms with Gasteiger partial charge in [0.1, 0.15) is 0 Å². The monoisotopic (exact) mass is 288 g/mol. The maximum Gasteiger partial charge on any atom is 0.273 e. The van der Waals surface area contributed by atoms with E-state index in [0.29, 0.717) is 0 Å². The largest absolute Gasteiger partial charge is 0.393 e. The summed E-state index contributed by atoms with van der Waals surface area (Å²) in [4.78, 5) is 10.2. The molecule has 0 aliphatic heterocycles. The van der Waals surface area contributed by atoms with E-state index in [1.54, 1.807) is 13.0 Å². The summed E-state index contributed by atoms with van der Waals surface area (Å²) in [6.45, 7) is 1.65. The Bertz CT molecular complexity index is 542. The number of nitro benzene ring substituents is 1. The number of hydrogen-bond donors (Lipinski definition) is 2. The van der Waals surface area contributed by atoms with E-state index >= 15 is 0 Å². The molecule has 1 atom stereocenters. The van der Waals surface area contributed by atoms with E-state index in [0.717, 1.165) is 0 Å². The number of hydrogen-bond acceptors (Lipinski definition) is 5. The number of rotatable bonds is 7. The molecule has 2 N–H and O–H groups in total. The van der Waals surface area contributed by atoms with Crippen LogP contribution in [0.1, 0.15) is 18.9 Å². The van der Waals surface area contributed by atoms with E-state index in [2.05, 4.69) is 4.72 Å². The van der Waals surface area contributed by atoms with Crippen molar-refractivity contribution in [3.8, 4) is 0 Å². The van der Waals surface area contributed by atoms with Crippen molar-refractivity contribution < 1.29 is 18.4 Å². The van der Waals surface area contributed by atoms with Crippen LogP contribution in [0, 0.1) is 10.1 Å². The quantitative estimate of drug-likeness (QED) is 0.569. The smallest absolute Gasteiger partial charge is 0.273 e. The van der Waals surface area contributed by atoms with Crippen LogP contribution >= 0.6 is 0 Å². The molecular weight excluding hydrogens is 272 g/mol. The van der Waals surface area contributed by atoms with Crippen LogP contribution in [0.3, 0.4) is 0 Å². The van der Waals surface area contributed by atoms with Gasteiger partial charge in [0, 0.05) is 18.2 Å². The molecule has 106 valence electrons. The van der Waals surface area contributed by atoms with Crippen LogP contribution in [0.5, 0.6) is 0 Å². The zero-order chi connectivity index (χ0) is 14.5. The molecule has 19 heavy (non-hydrogen) atoms. The highest BCUT2D eigenvalue weighted by molar-refractivity contribution is 7.88. The first-order chi connectivity index (χ1) is 8.82. The van der Waals surface area contributed by atoms with Gasteiger partial charge in [-0.15, -0.1) is 0 Å². The van der Waals surface area contributed by atoms with Crippen molar-refractivity contribution in [3.05, 3.63) is 39.9 Å². The van der Waals surface area contributed by atoms with Gasteiger partial charge in [-0.1, -0.05) is 18.2 Å². The lowest BCUT2D eigenvalue weighted by molar-refractivity contribution is -0.385. The number of aliphatic hydroxyl groups excluding tert-OH is 1. The number of nitrogens with one attached hydrogen (secondary N) is 1. The fourth-order valence-electron chi connectivity index (χ4n) is 1.49. The summed E-state index contributed by atoms with van der Waals surface area (Å²) >= 11 is 0. The molecule has 0 bridgehead atoms. The molecule has 1 aromatic carbocycles. The van der Waals surface area contributed by atoms with Crippen LogP contribution in [-0.4, -0.2) is 31.1 Å². The van der Waals surface area contributed by atoms with Crippen LogP contribution in [0.4, 0.5) is 5.69 Å². The summed E-state index contributed by atoms with van der Waals surface area (Å²) in [5, 5.41) is 19.8. The van der Waals surface area contributed by atoms with Gasteiger partial charge in [0.2, 0.25) is 10.0 Å². The van der Waals surface area contributed by atoms with Gasteiger partial charge in [0.25, 0.3) is 5.69 Å². The van der Waals surface area contributed by atoms with Crippen molar-refractivity contribution in [1.82, 2.24) is 4.72 Å². The van der Waals surface area contributed by atoms with Crippen LogP contribution in [0.25, 0.3) is 0 Å². The summed E-state index contributed by atoms with van der Waals surface area (Å²) in [6, 6.07) is 5.70. The highest BCUT2D eigenvalue weighted by Gasteiger charge is 2.19. The molecule has 0 spiro atoms. The SMILES string of the molecule is CC(O)CCNS(=O)(=O)Cc1ccccc1[N+](=O)[O-]. The molecule has 0 aliphatic rings. The molecule has 1 aromatic rings. The van der Waals surface area contributed by atoms with Crippen molar-refractivity contribution >= 4 is 15.7 Å². The summed E-state index contributed by atoms with van der Waals surface area (Å²) in [5.41, 5.74) is -0.0829. The first-order valence-corrected chi connectivity index (χ1v) is 7.35.